The molecule has 1 aromatic carbocycles. The lowest BCUT2D eigenvalue weighted by Crippen LogP contribution is -2.33. The predicted octanol–water partition coefficient (Wildman–Crippen LogP) is 2.41. The highest BCUT2D eigenvalue weighted by atomic mass is 16.5. The Hall–Kier alpha value is -2.58. The summed E-state index contributed by atoms with van der Waals surface area (Å²) in [6.45, 7) is 4.85. The van der Waals surface area contributed by atoms with Crippen molar-refractivity contribution in [2.24, 2.45) is 0 Å². The molecule has 3 rings (SSSR count). The van der Waals surface area contributed by atoms with Crippen LogP contribution >= 0.6 is 0 Å². The minimum absolute atomic E-state index is 0.209. The van der Waals surface area contributed by atoms with E-state index in [9.17, 15) is 5.11 Å². The summed E-state index contributed by atoms with van der Waals surface area (Å²) in [6, 6.07) is 7.39. The first-order valence-corrected chi connectivity index (χ1v) is 9.59. The Labute approximate surface area is 165 Å². The first kappa shape index (κ1) is 20.2. The minimum Gasteiger partial charge on any atom is -0.493 e. The Morgan fingerprint density at radius 1 is 1.18 bits per heavy atom. The number of aliphatic hydroxyl groups excluding tert-OH is 1. The Morgan fingerprint density at radius 2 is 1.96 bits per heavy atom. The van der Waals surface area contributed by atoms with Crippen LogP contribution in [-0.2, 0) is 0 Å². The number of hydrogen-bond acceptors (Lipinski definition) is 8. The lowest BCUT2D eigenvalue weighted by molar-refractivity contribution is 0.0747. The van der Waals surface area contributed by atoms with Gasteiger partial charge in [0.2, 0.25) is 5.95 Å². The molecule has 2 heterocycles. The molecule has 0 bridgehead atoms. The van der Waals surface area contributed by atoms with Gasteiger partial charge < -0.3 is 30.1 Å². The highest BCUT2D eigenvalue weighted by Crippen LogP contribution is 2.31. The van der Waals surface area contributed by atoms with Gasteiger partial charge in [-0.2, -0.15) is 4.98 Å². The van der Waals surface area contributed by atoms with Gasteiger partial charge in [0.15, 0.2) is 11.5 Å². The Kier molecular flexibility index (Phi) is 6.89. The van der Waals surface area contributed by atoms with Crippen molar-refractivity contribution in [3.8, 4) is 11.5 Å². The second-order valence-electron chi connectivity index (χ2n) is 6.93. The molecule has 0 aliphatic carbocycles. The third-order valence-corrected chi connectivity index (χ3v) is 4.63. The first-order chi connectivity index (χ1) is 13.6. The molecule has 0 amide bonds. The summed E-state index contributed by atoms with van der Waals surface area (Å²) < 4.78 is 11.2. The topological polar surface area (TPSA) is 91.8 Å². The van der Waals surface area contributed by atoms with Gasteiger partial charge in [0.05, 0.1) is 7.11 Å². The van der Waals surface area contributed by atoms with Crippen LogP contribution in [0.5, 0.6) is 11.5 Å². The van der Waals surface area contributed by atoms with Crippen LogP contribution in [0.4, 0.5) is 17.5 Å². The first-order valence-electron chi connectivity index (χ1n) is 9.59. The summed E-state index contributed by atoms with van der Waals surface area (Å²) in [5.74, 6) is 2.41. The van der Waals surface area contributed by atoms with E-state index in [0.29, 0.717) is 24.0 Å². The molecule has 152 valence electrons. The van der Waals surface area contributed by atoms with Crippen molar-refractivity contribution in [3.63, 3.8) is 0 Å². The minimum atomic E-state index is -0.544. The number of benzene rings is 1. The molecular formula is C20H29N5O3. The third kappa shape index (κ3) is 5.46. The van der Waals surface area contributed by atoms with Crippen molar-refractivity contribution in [3.05, 3.63) is 30.0 Å². The average molecular weight is 387 g/mol. The van der Waals surface area contributed by atoms with Crippen LogP contribution in [0.15, 0.2) is 24.3 Å². The number of hydrogen-bond donors (Lipinski definition) is 3. The summed E-state index contributed by atoms with van der Waals surface area (Å²) in [5.41, 5.74) is 1.63. The quantitative estimate of drug-likeness (QED) is 0.604. The Bertz CT molecular complexity index is 780. The molecule has 0 saturated carbocycles. The van der Waals surface area contributed by atoms with Crippen molar-refractivity contribution in [2.75, 3.05) is 51.0 Å². The number of nitrogens with zero attached hydrogens (tertiary/aromatic N) is 3. The SMILES string of the molecule is CNc1cc(C)nc(Nc2ccc(OC)c(OC[C@H](O)CN3CCCC3)c2)n1. The van der Waals surface area contributed by atoms with E-state index in [-0.39, 0.29) is 6.61 Å². The van der Waals surface area contributed by atoms with Gasteiger partial charge in [0.25, 0.3) is 0 Å². The molecule has 0 radical (unpaired) electrons. The number of methoxy groups -OCH3 is 1. The molecule has 1 fully saturated rings. The standard InChI is InChI=1S/C20H29N5O3/c1-14-10-19(21-2)24-20(22-14)23-15-6-7-17(27-3)18(11-15)28-13-16(26)12-25-8-4-5-9-25/h6-7,10-11,16,26H,4-5,8-9,12-13H2,1-3H3,(H2,21,22,23,24)/t16-/m1/s1. The fourth-order valence-corrected chi connectivity index (χ4v) is 3.25. The summed E-state index contributed by atoms with van der Waals surface area (Å²) in [5, 5.41) is 16.5. The molecule has 1 aliphatic rings. The molecule has 0 spiro atoms. The number of anilines is 3. The molecular weight excluding hydrogens is 358 g/mol. The smallest absolute Gasteiger partial charge is 0.229 e. The van der Waals surface area contributed by atoms with E-state index in [0.717, 1.165) is 30.3 Å². The Morgan fingerprint density at radius 3 is 2.68 bits per heavy atom. The molecule has 3 N–H and O–H groups in total. The van der Waals surface area contributed by atoms with Crippen molar-refractivity contribution >= 4 is 17.5 Å². The number of rotatable bonds is 9. The summed E-state index contributed by atoms with van der Waals surface area (Å²) in [7, 11) is 3.41. The number of likely N-dealkylation sites (tertiary alicyclic amines) is 1. The predicted molar refractivity (Wildman–Crippen MR) is 110 cm³/mol. The van der Waals surface area contributed by atoms with Gasteiger partial charge in [0, 0.05) is 37.1 Å². The number of nitrogens with one attached hydrogen (secondary N) is 2. The number of aryl methyl sites for hydroxylation is 1. The van der Waals surface area contributed by atoms with Crippen LogP contribution in [0.1, 0.15) is 18.5 Å². The lowest BCUT2D eigenvalue weighted by Gasteiger charge is -2.20. The fourth-order valence-electron chi connectivity index (χ4n) is 3.25. The van der Waals surface area contributed by atoms with E-state index in [1.165, 1.54) is 12.8 Å². The van der Waals surface area contributed by atoms with Gasteiger partial charge >= 0.3 is 0 Å². The van der Waals surface area contributed by atoms with Crippen molar-refractivity contribution in [1.82, 2.24) is 14.9 Å². The largest absolute Gasteiger partial charge is 0.493 e. The fraction of sp³-hybridized carbons (Fsp3) is 0.500. The maximum absolute atomic E-state index is 10.3. The van der Waals surface area contributed by atoms with Crippen molar-refractivity contribution < 1.29 is 14.6 Å². The van der Waals surface area contributed by atoms with Crippen LogP contribution in [0.2, 0.25) is 0 Å². The van der Waals surface area contributed by atoms with Gasteiger partial charge in [-0.3, -0.25) is 0 Å². The van der Waals surface area contributed by atoms with Crippen molar-refractivity contribution in [1.29, 1.82) is 0 Å². The zero-order valence-corrected chi connectivity index (χ0v) is 16.7. The van der Waals surface area contributed by atoms with Crippen molar-refractivity contribution in [2.45, 2.75) is 25.9 Å². The van der Waals surface area contributed by atoms with Gasteiger partial charge in [0.1, 0.15) is 18.5 Å². The van der Waals surface area contributed by atoms with Gasteiger partial charge in [-0.1, -0.05) is 0 Å². The van der Waals surface area contributed by atoms with Crippen LogP contribution in [0.3, 0.4) is 0 Å². The molecule has 0 unspecified atom stereocenters. The third-order valence-electron chi connectivity index (χ3n) is 4.63. The Balaban J connectivity index is 1.66. The van der Waals surface area contributed by atoms with Gasteiger partial charge in [-0.15, -0.1) is 0 Å². The van der Waals surface area contributed by atoms with E-state index in [2.05, 4.69) is 25.5 Å². The number of β-amino-alcohol motifs (C(OH)–C–C–N with tert-alkyl or cyclic N) is 1. The molecule has 8 heteroatoms. The van der Waals surface area contributed by atoms with Crippen LogP contribution in [0.25, 0.3) is 0 Å². The zero-order chi connectivity index (χ0) is 19.9. The highest BCUT2D eigenvalue weighted by molar-refractivity contribution is 5.60. The van der Waals surface area contributed by atoms with Crippen LogP contribution in [0, 0.1) is 6.92 Å². The molecule has 1 aromatic heterocycles. The second-order valence-corrected chi connectivity index (χ2v) is 6.93. The van der Waals surface area contributed by atoms with E-state index < -0.39 is 6.10 Å². The molecule has 8 nitrogen and oxygen atoms in total. The van der Waals surface area contributed by atoms with E-state index in [4.69, 9.17) is 9.47 Å². The maximum Gasteiger partial charge on any atom is 0.229 e. The van der Waals surface area contributed by atoms with E-state index in [1.54, 1.807) is 7.11 Å². The summed E-state index contributed by atoms with van der Waals surface area (Å²) in [6.07, 6.45) is 1.86. The second kappa shape index (κ2) is 9.57. The van der Waals surface area contributed by atoms with Gasteiger partial charge in [-0.05, 0) is 45.0 Å². The normalized spacial score (nSPS) is 15.3. The van der Waals surface area contributed by atoms with Crippen LogP contribution < -0.4 is 20.1 Å². The average Bonchev–Trinajstić information content (AvgIpc) is 3.19. The molecule has 1 saturated heterocycles. The summed E-state index contributed by atoms with van der Waals surface area (Å²) in [4.78, 5) is 11.1. The molecule has 28 heavy (non-hydrogen) atoms. The number of ether oxygens (including phenoxy) is 2. The highest BCUT2D eigenvalue weighted by Gasteiger charge is 2.17. The lowest BCUT2D eigenvalue weighted by atomic mass is 10.2. The monoisotopic (exact) mass is 387 g/mol. The number of aliphatic hydroxyl groups is 1. The zero-order valence-electron chi connectivity index (χ0n) is 16.7. The van der Waals surface area contributed by atoms with Gasteiger partial charge in [-0.25, -0.2) is 4.98 Å². The van der Waals surface area contributed by atoms with E-state index in [1.807, 2.05) is 38.2 Å². The number of aromatic nitrogens is 2. The van der Waals surface area contributed by atoms with Crippen LogP contribution in [-0.4, -0.2) is 66.5 Å². The molecule has 1 aliphatic heterocycles. The van der Waals surface area contributed by atoms with E-state index >= 15 is 0 Å². The molecule has 1 atom stereocenters. The maximum atomic E-state index is 10.3. The summed E-state index contributed by atoms with van der Waals surface area (Å²) >= 11 is 0. The molecule has 2 aromatic rings.